The minimum atomic E-state index is 0.476. The Kier molecular flexibility index (Phi) is 2.75. The summed E-state index contributed by atoms with van der Waals surface area (Å²) in [4.78, 5) is 3.27. The summed E-state index contributed by atoms with van der Waals surface area (Å²) in [7, 11) is 0. The molecule has 0 amide bonds. The second-order valence-electron chi connectivity index (χ2n) is 7.03. The van der Waals surface area contributed by atoms with E-state index in [1.54, 1.807) is 0 Å². The van der Waals surface area contributed by atoms with Crippen molar-refractivity contribution in [2.75, 3.05) is 6.54 Å². The van der Waals surface area contributed by atoms with Crippen LogP contribution < -0.4 is 5.32 Å². The Morgan fingerprint density at radius 1 is 1.11 bits per heavy atom. The SMILES string of the molecule is CC1(C)C(CNCc2ccc3cc[nH]c3c2)C1(C)C. The Balaban J connectivity index is 1.58. The molecule has 0 bridgehead atoms. The van der Waals surface area contributed by atoms with Crippen LogP contribution >= 0.6 is 0 Å². The highest BCUT2D eigenvalue weighted by Gasteiger charge is 2.63. The van der Waals surface area contributed by atoms with Gasteiger partial charge in [0, 0.05) is 18.3 Å². The number of hydrogen-bond acceptors (Lipinski definition) is 1. The minimum Gasteiger partial charge on any atom is -0.361 e. The number of H-pyrrole nitrogens is 1. The van der Waals surface area contributed by atoms with E-state index in [2.05, 4.69) is 62.3 Å². The maximum atomic E-state index is 3.62. The monoisotopic (exact) mass is 256 g/mol. The van der Waals surface area contributed by atoms with E-state index in [9.17, 15) is 0 Å². The molecule has 2 nitrogen and oxygen atoms in total. The molecular weight excluding hydrogens is 232 g/mol. The lowest BCUT2D eigenvalue weighted by atomic mass is 10.0. The minimum absolute atomic E-state index is 0.476. The summed E-state index contributed by atoms with van der Waals surface area (Å²) in [5, 5.41) is 4.90. The first-order chi connectivity index (χ1) is 8.93. The molecule has 0 atom stereocenters. The van der Waals surface area contributed by atoms with Crippen molar-refractivity contribution < 1.29 is 0 Å². The van der Waals surface area contributed by atoms with Gasteiger partial charge in [-0.2, -0.15) is 0 Å². The van der Waals surface area contributed by atoms with E-state index in [-0.39, 0.29) is 0 Å². The number of fused-ring (bicyclic) bond motifs is 1. The van der Waals surface area contributed by atoms with Crippen molar-refractivity contribution in [2.45, 2.75) is 34.2 Å². The van der Waals surface area contributed by atoms with Crippen LogP contribution in [0.3, 0.4) is 0 Å². The van der Waals surface area contributed by atoms with Crippen molar-refractivity contribution >= 4 is 10.9 Å². The summed E-state index contributed by atoms with van der Waals surface area (Å²) >= 11 is 0. The van der Waals surface area contributed by atoms with Crippen LogP contribution in [0.25, 0.3) is 10.9 Å². The fraction of sp³-hybridized carbons (Fsp3) is 0.529. The molecule has 2 aromatic rings. The summed E-state index contributed by atoms with van der Waals surface area (Å²) in [5.41, 5.74) is 3.53. The first-order valence-corrected chi connectivity index (χ1v) is 7.19. The van der Waals surface area contributed by atoms with Crippen molar-refractivity contribution in [3.63, 3.8) is 0 Å². The molecular formula is C17H24N2. The molecule has 1 aromatic heterocycles. The first-order valence-electron chi connectivity index (χ1n) is 7.19. The zero-order chi connectivity index (χ0) is 13.7. The van der Waals surface area contributed by atoms with Gasteiger partial charge in [0.2, 0.25) is 0 Å². The van der Waals surface area contributed by atoms with Gasteiger partial charge in [0.15, 0.2) is 0 Å². The van der Waals surface area contributed by atoms with Gasteiger partial charge in [-0.1, -0.05) is 39.8 Å². The molecule has 2 heteroatoms. The summed E-state index contributed by atoms with van der Waals surface area (Å²) in [5.74, 6) is 0.786. The third-order valence-corrected chi connectivity index (χ3v) is 5.62. The van der Waals surface area contributed by atoms with Crippen LogP contribution in [0.5, 0.6) is 0 Å². The van der Waals surface area contributed by atoms with E-state index < -0.39 is 0 Å². The van der Waals surface area contributed by atoms with E-state index in [0.717, 1.165) is 19.0 Å². The van der Waals surface area contributed by atoms with E-state index in [4.69, 9.17) is 0 Å². The van der Waals surface area contributed by atoms with Gasteiger partial charge in [0.1, 0.15) is 0 Å². The average Bonchev–Trinajstić information content (AvgIpc) is 2.74. The lowest BCUT2D eigenvalue weighted by molar-refractivity contribution is 0.457. The topological polar surface area (TPSA) is 27.8 Å². The second kappa shape index (κ2) is 4.11. The Bertz CT molecular complexity index is 578. The van der Waals surface area contributed by atoms with Crippen molar-refractivity contribution in [3.05, 3.63) is 36.0 Å². The van der Waals surface area contributed by atoms with Gasteiger partial charge in [-0.15, -0.1) is 0 Å². The van der Waals surface area contributed by atoms with Crippen LogP contribution in [0, 0.1) is 16.7 Å². The van der Waals surface area contributed by atoms with Gasteiger partial charge in [-0.25, -0.2) is 0 Å². The highest BCUT2D eigenvalue weighted by Crippen LogP contribution is 2.67. The smallest absolute Gasteiger partial charge is 0.0457 e. The Morgan fingerprint density at radius 2 is 1.84 bits per heavy atom. The lowest BCUT2D eigenvalue weighted by Gasteiger charge is -2.06. The largest absolute Gasteiger partial charge is 0.361 e. The quantitative estimate of drug-likeness (QED) is 0.852. The zero-order valence-electron chi connectivity index (χ0n) is 12.4. The van der Waals surface area contributed by atoms with Gasteiger partial charge < -0.3 is 10.3 Å². The van der Waals surface area contributed by atoms with Gasteiger partial charge in [0.05, 0.1) is 0 Å². The van der Waals surface area contributed by atoms with E-state index >= 15 is 0 Å². The Hall–Kier alpha value is -1.28. The number of benzene rings is 1. The van der Waals surface area contributed by atoms with Crippen LogP contribution in [0.1, 0.15) is 33.3 Å². The van der Waals surface area contributed by atoms with Gasteiger partial charge in [-0.05, 0) is 46.4 Å². The van der Waals surface area contributed by atoms with Crippen molar-refractivity contribution in [1.29, 1.82) is 0 Å². The number of rotatable bonds is 4. The standard InChI is InChI=1S/C17H24N2/c1-16(2)15(17(16,3)4)11-18-10-12-5-6-13-7-8-19-14(13)9-12/h5-9,15,18-19H,10-11H2,1-4H3. The Labute approximate surface area is 115 Å². The number of aromatic nitrogens is 1. The van der Waals surface area contributed by atoms with E-state index in [1.165, 1.54) is 16.5 Å². The molecule has 0 spiro atoms. The molecule has 0 aliphatic heterocycles. The maximum Gasteiger partial charge on any atom is 0.0457 e. The Morgan fingerprint density at radius 3 is 2.53 bits per heavy atom. The van der Waals surface area contributed by atoms with Gasteiger partial charge in [0.25, 0.3) is 0 Å². The lowest BCUT2D eigenvalue weighted by Crippen LogP contribution is -2.18. The molecule has 2 N–H and O–H groups in total. The van der Waals surface area contributed by atoms with Crippen LogP contribution in [0.4, 0.5) is 0 Å². The summed E-state index contributed by atoms with van der Waals surface area (Å²) in [6.45, 7) is 11.6. The summed E-state index contributed by atoms with van der Waals surface area (Å²) in [6.07, 6.45) is 2.00. The molecule has 0 radical (unpaired) electrons. The summed E-state index contributed by atoms with van der Waals surface area (Å²) < 4.78 is 0. The predicted molar refractivity (Wildman–Crippen MR) is 81.1 cm³/mol. The highest BCUT2D eigenvalue weighted by atomic mass is 14.9. The molecule has 1 aliphatic carbocycles. The van der Waals surface area contributed by atoms with Crippen LogP contribution in [-0.4, -0.2) is 11.5 Å². The van der Waals surface area contributed by atoms with Gasteiger partial charge in [-0.3, -0.25) is 0 Å². The van der Waals surface area contributed by atoms with Crippen LogP contribution in [0.15, 0.2) is 30.5 Å². The van der Waals surface area contributed by atoms with Crippen molar-refractivity contribution in [2.24, 2.45) is 16.7 Å². The molecule has 1 saturated carbocycles. The molecule has 102 valence electrons. The molecule has 1 heterocycles. The van der Waals surface area contributed by atoms with Crippen molar-refractivity contribution in [1.82, 2.24) is 10.3 Å². The molecule has 1 fully saturated rings. The molecule has 0 saturated heterocycles. The normalized spacial score (nSPS) is 20.8. The average molecular weight is 256 g/mol. The highest BCUT2D eigenvalue weighted by molar-refractivity contribution is 5.79. The van der Waals surface area contributed by atoms with Gasteiger partial charge >= 0.3 is 0 Å². The third kappa shape index (κ3) is 1.99. The van der Waals surface area contributed by atoms with Crippen LogP contribution in [-0.2, 0) is 6.54 Å². The predicted octanol–water partition coefficient (Wildman–Crippen LogP) is 3.94. The molecule has 19 heavy (non-hydrogen) atoms. The fourth-order valence-electron chi connectivity index (χ4n) is 3.41. The summed E-state index contributed by atoms with van der Waals surface area (Å²) in [6, 6.07) is 8.76. The number of hydrogen-bond donors (Lipinski definition) is 2. The molecule has 1 aliphatic rings. The second-order valence-corrected chi connectivity index (χ2v) is 7.03. The van der Waals surface area contributed by atoms with Crippen LogP contribution in [0.2, 0.25) is 0 Å². The first kappa shape index (κ1) is 12.7. The fourth-order valence-corrected chi connectivity index (χ4v) is 3.41. The number of aromatic amines is 1. The number of nitrogens with one attached hydrogen (secondary N) is 2. The molecule has 3 rings (SSSR count). The third-order valence-electron chi connectivity index (χ3n) is 5.62. The van der Waals surface area contributed by atoms with Crippen molar-refractivity contribution in [3.8, 4) is 0 Å². The molecule has 0 unspecified atom stereocenters. The molecule has 1 aromatic carbocycles. The van der Waals surface area contributed by atoms with E-state index in [1.807, 2.05) is 6.20 Å². The maximum absolute atomic E-state index is 3.62. The van der Waals surface area contributed by atoms with E-state index in [0.29, 0.717) is 10.8 Å². The zero-order valence-corrected chi connectivity index (χ0v) is 12.4.